The molecule has 2 rings (SSSR count). The number of piperidine rings is 1. The summed E-state index contributed by atoms with van der Waals surface area (Å²) in [7, 11) is 0. The first-order valence-corrected chi connectivity index (χ1v) is 6.54. The Morgan fingerprint density at radius 3 is 2.95 bits per heavy atom. The van der Waals surface area contributed by atoms with Crippen LogP contribution in [0.2, 0.25) is 0 Å². The van der Waals surface area contributed by atoms with Crippen LogP contribution < -0.4 is 10.6 Å². The number of rotatable bonds is 3. The van der Waals surface area contributed by atoms with Gasteiger partial charge in [-0.25, -0.2) is 8.78 Å². The molecule has 0 aliphatic carbocycles. The van der Waals surface area contributed by atoms with Gasteiger partial charge in [0.25, 0.3) is 0 Å². The van der Waals surface area contributed by atoms with Crippen molar-refractivity contribution in [3.05, 3.63) is 29.8 Å². The Morgan fingerprint density at radius 2 is 2.26 bits per heavy atom. The highest BCUT2D eigenvalue weighted by atomic mass is 19.1. The summed E-state index contributed by atoms with van der Waals surface area (Å²) in [4.78, 5) is 11.9. The molecule has 2 N–H and O–H groups in total. The molecular formula is C14H18F2N2O. The second-order valence-electron chi connectivity index (χ2n) is 5.06. The van der Waals surface area contributed by atoms with E-state index in [0.29, 0.717) is 12.3 Å². The van der Waals surface area contributed by atoms with Gasteiger partial charge in [0.05, 0.1) is 5.69 Å². The Bertz CT molecular complexity index is 465. The second kappa shape index (κ2) is 6.10. The summed E-state index contributed by atoms with van der Waals surface area (Å²) in [5.74, 6) is -1.23. The number of carbonyl (C=O) groups is 1. The molecule has 1 aliphatic heterocycles. The molecule has 1 aromatic carbocycles. The van der Waals surface area contributed by atoms with E-state index in [-0.39, 0.29) is 17.6 Å². The van der Waals surface area contributed by atoms with Gasteiger partial charge in [0.15, 0.2) is 0 Å². The lowest BCUT2D eigenvalue weighted by molar-refractivity contribution is -0.117. The van der Waals surface area contributed by atoms with Crippen LogP contribution in [0.5, 0.6) is 0 Å². The summed E-state index contributed by atoms with van der Waals surface area (Å²) in [6.45, 7) is 3.01. The maximum absolute atomic E-state index is 13.4. The van der Waals surface area contributed by atoms with Gasteiger partial charge in [-0.2, -0.15) is 0 Å². The topological polar surface area (TPSA) is 41.1 Å². The van der Waals surface area contributed by atoms with Crippen molar-refractivity contribution in [2.75, 3.05) is 11.9 Å². The average Bonchev–Trinajstić information content (AvgIpc) is 2.36. The molecular weight excluding hydrogens is 250 g/mol. The molecule has 0 bridgehead atoms. The number of nitrogens with one attached hydrogen (secondary N) is 2. The minimum absolute atomic E-state index is 0.0230. The smallest absolute Gasteiger partial charge is 0.226 e. The van der Waals surface area contributed by atoms with E-state index in [0.717, 1.165) is 31.5 Å². The molecule has 0 saturated carbocycles. The van der Waals surface area contributed by atoms with Gasteiger partial charge in [-0.3, -0.25) is 4.79 Å². The summed E-state index contributed by atoms with van der Waals surface area (Å²) in [6, 6.07) is 3.25. The van der Waals surface area contributed by atoms with Gasteiger partial charge in [-0.1, -0.05) is 6.92 Å². The molecule has 1 saturated heterocycles. The molecule has 2 unspecified atom stereocenters. The maximum atomic E-state index is 13.4. The Labute approximate surface area is 111 Å². The lowest BCUT2D eigenvalue weighted by Crippen LogP contribution is -2.42. The van der Waals surface area contributed by atoms with Crippen molar-refractivity contribution in [2.45, 2.75) is 32.2 Å². The lowest BCUT2D eigenvalue weighted by Gasteiger charge is -2.29. The molecule has 104 valence electrons. The van der Waals surface area contributed by atoms with Gasteiger partial charge in [-0.05, 0) is 37.4 Å². The lowest BCUT2D eigenvalue weighted by atomic mass is 9.90. The standard InChI is InChI=1S/C14H18F2N2O/c1-9-3-2-6-17-13(9)8-14(19)18-12-5-4-10(15)7-11(12)16/h4-5,7,9,13,17H,2-3,6,8H2,1H3,(H,18,19). The molecule has 0 radical (unpaired) electrons. The van der Waals surface area contributed by atoms with E-state index in [1.165, 1.54) is 6.07 Å². The monoisotopic (exact) mass is 268 g/mol. The van der Waals surface area contributed by atoms with E-state index in [4.69, 9.17) is 0 Å². The molecule has 1 heterocycles. The fourth-order valence-electron chi connectivity index (χ4n) is 2.38. The van der Waals surface area contributed by atoms with Crippen LogP contribution in [0, 0.1) is 17.6 Å². The normalized spacial score (nSPS) is 23.1. The zero-order valence-corrected chi connectivity index (χ0v) is 10.9. The number of halogens is 2. The van der Waals surface area contributed by atoms with Crippen molar-refractivity contribution in [3.63, 3.8) is 0 Å². The van der Waals surface area contributed by atoms with Crippen molar-refractivity contribution in [1.82, 2.24) is 5.32 Å². The van der Waals surface area contributed by atoms with Gasteiger partial charge in [0, 0.05) is 18.5 Å². The predicted molar refractivity (Wildman–Crippen MR) is 69.8 cm³/mol. The number of amides is 1. The number of benzene rings is 1. The van der Waals surface area contributed by atoms with E-state index in [1.54, 1.807) is 0 Å². The maximum Gasteiger partial charge on any atom is 0.226 e. The molecule has 1 fully saturated rings. The van der Waals surface area contributed by atoms with Crippen LogP contribution in [-0.2, 0) is 4.79 Å². The van der Waals surface area contributed by atoms with E-state index in [9.17, 15) is 13.6 Å². The van der Waals surface area contributed by atoms with Crippen molar-refractivity contribution in [3.8, 4) is 0 Å². The fourth-order valence-corrected chi connectivity index (χ4v) is 2.38. The van der Waals surface area contributed by atoms with Crippen molar-refractivity contribution < 1.29 is 13.6 Å². The summed E-state index contributed by atoms with van der Waals surface area (Å²) in [5.41, 5.74) is 0.0230. The van der Waals surface area contributed by atoms with Gasteiger partial charge >= 0.3 is 0 Å². The Balaban J connectivity index is 1.93. The fraction of sp³-hybridized carbons (Fsp3) is 0.500. The van der Waals surface area contributed by atoms with Crippen LogP contribution in [0.15, 0.2) is 18.2 Å². The molecule has 1 aromatic rings. The minimum Gasteiger partial charge on any atom is -0.324 e. The van der Waals surface area contributed by atoms with Crippen molar-refractivity contribution >= 4 is 11.6 Å². The number of carbonyl (C=O) groups excluding carboxylic acids is 1. The third-order valence-electron chi connectivity index (χ3n) is 3.54. The Kier molecular flexibility index (Phi) is 4.47. The van der Waals surface area contributed by atoms with Gasteiger partial charge in [0.2, 0.25) is 5.91 Å². The van der Waals surface area contributed by atoms with Gasteiger partial charge in [-0.15, -0.1) is 0 Å². The van der Waals surface area contributed by atoms with Crippen LogP contribution in [0.3, 0.4) is 0 Å². The molecule has 2 atom stereocenters. The average molecular weight is 268 g/mol. The van der Waals surface area contributed by atoms with Crippen molar-refractivity contribution in [1.29, 1.82) is 0 Å². The van der Waals surface area contributed by atoms with E-state index < -0.39 is 11.6 Å². The first-order chi connectivity index (χ1) is 9.06. The zero-order valence-electron chi connectivity index (χ0n) is 10.9. The highest BCUT2D eigenvalue weighted by molar-refractivity contribution is 5.91. The molecule has 3 nitrogen and oxygen atoms in total. The highest BCUT2D eigenvalue weighted by Crippen LogP contribution is 2.20. The van der Waals surface area contributed by atoms with Crippen LogP contribution in [0.4, 0.5) is 14.5 Å². The molecule has 1 amide bonds. The largest absolute Gasteiger partial charge is 0.324 e. The molecule has 0 aromatic heterocycles. The van der Waals surface area contributed by atoms with E-state index >= 15 is 0 Å². The summed E-state index contributed by atoms with van der Waals surface area (Å²) in [6.07, 6.45) is 2.51. The first-order valence-electron chi connectivity index (χ1n) is 6.54. The summed E-state index contributed by atoms with van der Waals surface area (Å²) in [5, 5.41) is 5.78. The van der Waals surface area contributed by atoms with E-state index in [1.807, 2.05) is 0 Å². The first kappa shape index (κ1) is 13.9. The summed E-state index contributed by atoms with van der Waals surface area (Å²) >= 11 is 0. The minimum atomic E-state index is -0.752. The number of anilines is 1. The quantitative estimate of drug-likeness (QED) is 0.885. The third kappa shape index (κ3) is 3.73. The van der Waals surface area contributed by atoms with Crippen molar-refractivity contribution in [2.24, 2.45) is 5.92 Å². The molecule has 0 spiro atoms. The Hall–Kier alpha value is -1.49. The molecule has 1 aliphatic rings. The van der Waals surface area contributed by atoms with E-state index in [2.05, 4.69) is 17.6 Å². The second-order valence-corrected chi connectivity index (χ2v) is 5.06. The van der Waals surface area contributed by atoms with Crippen LogP contribution in [0.1, 0.15) is 26.2 Å². The zero-order chi connectivity index (χ0) is 13.8. The third-order valence-corrected chi connectivity index (χ3v) is 3.54. The summed E-state index contributed by atoms with van der Waals surface area (Å²) < 4.78 is 26.1. The molecule has 5 heteroatoms. The molecule has 19 heavy (non-hydrogen) atoms. The van der Waals surface area contributed by atoms with Gasteiger partial charge in [0.1, 0.15) is 11.6 Å². The predicted octanol–water partition coefficient (Wildman–Crippen LogP) is 2.68. The number of hydrogen-bond donors (Lipinski definition) is 2. The van der Waals surface area contributed by atoms with Crippen LogP contribution >= 0.6 is 0 Å². The Morgan fingerprint density at radius 1 is 1.47 bits per heavy atom. The SMILES string of the molecule is CC1CCCNC1CC(=O)Nc1ccc(F)cc1F. The van der Waals surface area contributed by atoms with Crippen LogP contribution in [0.25, 0.3) is 0 Å². The van der Waals surface area contributed by atoms with Gasteiger partial charge < -0.3 is 10.6 Å². The highest BCUT2D eigenvalue weighted by Gasteiger charge is 2.23. The van der Waals surface area contributed by atoms with Crippen LogP contribution in [-0.4, -0.2) is 18.5 Å². The number of hydrogen-bond acceptors (Lipinski definition) is 2.